The van der Waals surface area contributed by atoms with E-state index in [-0.39, 0.29) is 11.9 Å². The summed E-state index contributed by atoms with van der Waals surface area (Å²) in [5.74, 6) is -0.0996. The summed E-state index contributed by atoms with van der Waals surface area (Å²) in [6.45, 7) is 3.98. The number of rotatable bonds is 6. The average Bonchev–Trinajstić information content (AvgIpc) is 3.01. The van der Waals surface area contributed by atoms with Gasteiger partial charge in [-0.1, -0.05) is 25.5 Å². The third-order valence-corrected chi connectivity index (χ3v) is 3.47. The van der Waals surface area contributed by atoms with Gasteiger partial charge in [-0.2, -0.15) is 0 Å². The molecule has 1 aromatic heterocycles. The van der Waals surface area contributed by atoms with Gasteiger partial charge < -0.3 is 15.6 Å². The quantitative estimate of drug-likeness (QED) is 0.855. The number of carbonyl (C=O) groups excluding carboxylic acids is 1. The summed E-state index contributed by atoms with van der Waals surface area (Å²) in [6.07, 6.45) is 6.98. The van der Waals surface area contributed by atoms with Crippen LogP contribution in [0.5, 0.6) is 0 Å². The molecule has 0 spiro atoms. The smallest absolute Gasteiger partial charge is 0.237 e. The van der Waals surface area contributed by atoms with Crippen LogP contribution in [-0.4, -0.2) is 21.5 Å². The van der Waals surface area contributed by atoms with Gasteiger partial charge in [-0.15, -0.1) is 0 Å². The molecule has 112 valence electrons. The van der Waals surface area contributed by atoms with Crippen LogP contribution in [0.4, 0.5) is 0 Å². The zero-order valence-corrected chi connectivity index (χ0v) is 12.5. The SMILES string of the molecule is CCCC(N)C(=O)NC(C)c1cccc(-n2ccnc2)c1. The van der Waals surface area contributed by atoms with Crippen LogP contribution >= 0.6 is 0 Å². The van der Waals surface area contributed by atoms with Crippen molar-refractivity contribution in [3.8, 4) is 5.69 Å². The zero-order chi connectivity index (χ0) is 15.2. The van der Waals surface area contributed by atoms with E-state index in [0.29, 0.717) is 6.42 Å². The molecule has 0 bridgehead atoms. The van der Waals surface area contributed by atoms with Gasteiger partial charge in [-0.05, 0) is 31.0 Å². The minimum atomic E-state index is -0.436. The third kappa shape index (κ3) is 3.92. The second-order valence-corrected chi connectivity index (χ2v) is 5.19. The molecule has 0 aliphatic heterocycles. The molecule has 3 N–H and O–H groups in total. The molecule has 5 heteroatoms. The van der Waals surface area contributed by atoms with E-state index in [1.807, 2.05) is 48.9 Å². The van der Waals surface area contributed by atoms with Gasteiger partial charge in [0.1, 0.15) is 0 Å². The predicted molar refractivity (Wildman–Crippen MR) is 83.0 cm³/mol. The van der Waals surface area contributed by atoms with E-state index in [4.69, 9.17) is 5.73 Å². The van der Waals surface area contributed by atoms with E-state index in [9.17, 15) is 4.79 Å². The Kier molecular flexibility index (Phi) is 5.11. The number of imidazole rings is 1. The number of aromatic nitrogens is 2. The lowest BCUT2D eigenvalue weighted by molar-refractivity contribution is -0.123. The molecular weight excluding hydrogens is 264 g/mol. The first kappa shape index (κ1) is 15.3. The molecule has 0 aliphatic carbocycles. The van der Waals surface area contributed by atoms with E-state index in [0.717, 1.165) is 17.7 Å². The lowest BCUT2D eigenvalue weighted by atomic mass is 10.1. The Balaban J connectivity index is 2.07. The summed E-state index contributed by atoms with van der Waals surface area (Å²) in [6, 6.07) is 7.49. The Bertz CT molecular complexity index is 580. The maximum absolute atomic E-state index is 12.0. The van der Waals surface area contributed by atoms with Crippen molar-refractivity contribution in [1.29, 1.82) is 0 Å². The molecule has 0 saturated heterocycles. The maximum atomic E-state index is 12.0. The molecule has 1 amide bonds. The fraction of sp³-hybridized carbons (Fsp3) is 0.375. The summed E-state index contributed by atoms with van der Waals surface area (Å²) in [4.78, 5) is 16.0. The summed E-state index contributed by atoms with van der Waals surface area (Å²) < 4.78 is 1.93. The first-order chi connectivity index (χ1) is 10.1. The summed E-state index contributed by atoms with van der Waals surface area (Å²) in [5.41, 5.74) is 7.89. The highest BCUT2D eigenvalue weighted by molar-refractivity contribution is 5.81. The van der Waals surface area contributed by atoms with Crippen LogP contribution in [-0.2, 0) is 4.79 Å². The summed E-state index contributed by atoms with van der Waals surface area (Å²) in [5, 5.41) is 2.96. The summed E-state index contributed by atoms with van der Waals surface area (Å²) in [7, 11) is 0. The third-order valence-electron chi connectivity index (χ3n) is 3.47. The molecule has 2 rings (SSSR count). The lowest BCUT2D eigenvalue weighted by Gasteiger charge is -2.18. The Morgan fingerprint density at radius 2 is 2.29 bits per heavy atom. The predicted octanol–water partition coefficient (Wildman–Crippen LogP) is 2.18. The van der Waals surface area contributed by atoms with Crippen LogP contribution in [0, 0.1) is 0 Å². The highest BCUT2D eigenvalue weighted by atomic mass is 16.2. The largest absolute Gasteiger partial charge is 0.348 e. The molecule has 2 unspecified atom stereocenters. The number of amides is 1. The molecule has 0 aliphatic rings. The number of nitrogens with two attached hydrogens (primary N) is 1. The van der Waals surface area contributed by atoms with Gasteiger partial charge in [0.05, 0.1) is 18.4 Å². The molecule has 1 heterocycles. The topological polar surface area (TPSA) is 72.9 Å². The summed E-state index contributed by atoms with van der Waals surface area (Å²) >= 11 is 0. The molecular formula is C16H22N4O. The Morgan fingerprint density at radius 1 is 1.48 bits per heavy atom. The van der Waals surface area contributed by atoms with E-state index >= 15 is 0 Å². The first-order valence-corrected chi connectivity index (χ1v) is 7.26. The molecule has 2 aromatic rings. The highest BCUT2D eigenvalue weighted by Crippen LogP contribution is 2.17. The van der Waals surface area contributed by atoms with Crippen LogP contribution in [0.2, 0.25) is 0 Å². The molecule has 5 nitrogen and oxygen atoms in total. The number of nitrogens with one attached hydrogen (secondary N) is 1. The van der Waals surface area contributed by atoms with Gasteiger partial charge in [0.25, 0.3) is 0 Å². The van der Waals surface area contributed by atoms with Crippen LogP contribution in [0.1, 0.15) is 38.3 Å². The van der Waals surface area contributed by atoms with Crippen molar-refractivity contribution in [3.63, 3.8) is 0 Å². The maximum Gasteiger partial charge on any atom is 0.237 e. The molecule has 1 aromatic carbocycles. The Labute approximate surface area is 125 Å². The number of benzene rings is 1. The van der Waals surface area contributed by atoms with Crippen LogP contribution in [0.15, 0.2) is 43.0 Å². The van der Waals surface area contributed by atoms with Gasteiger partial charge >= 0.3 is 0 Å². The van der Waals surface area contributed by atoms with Crippen LogP contribution in [0.3, 0.4) is 0 Å². The van der Waals surface area contributed by atoms with Gasteiger partial charge in [0, 0.05) is 18.1 Å². The number of hydrogen-bond donors (Lipinski definition) is 2. The minimum absolute atomic E-state index is 0.0797. The van der Waals surface area contributed by atoms with Gasteiger partial charge in [0.2, 0.25) is 5.91 Å². The number of nitrogens with zero attached hydrogens (tertiary/aromatic N) is 2. The Hall–Kier alpha value is -2.14. The van der Waals surface area contributed by atoms with Crippen LogP contribution < -0.4 is 11.1 Å². The van der Waals surface area contributed by atoms with Crippen molar-refractivity contribution < 1.29 is 4.79 Å². The van der Waals surface area contributed by atoms with E-state index in [2.05, 4.69) is 10.3 Å². The highest BCUT2D eigenvalue weighted by Gasteiger charge is 2.16. The van der Waals surface area contributed by atoms with Crippen molar-refractivity contribution in [3.05, 3.63) is 48.5 Å². The molecule has 0 saturated carbocycles. The second kappa shape index (κ2) is 7.04. The van der Waals surface area contributed by atoms with E-state index < -0.39 is 6.04 Å². The Morgan fingerprint density at radius 3 is 2.95 bits per heavy atom. The van der Waals surface area contributed by atoms with Gasteiger partial charge in [-0.25, -0.2) is 4.98 Å². The standard InChI is InChI=1S/C16H22N4O/c1-3-5-15(17)16(21)19-12(2)13-6-4-7-14(10-13)20-9-8-18-11-20/h4,6-12,15H,3,5,17H2,1-2H3,(H,19,21). The van der Waals surface area contributed by atoms with Gasteiger partial charge in [-0.3, -0.25) is 4.79 Å². The zero-order valence-electron chi connectivity index (χ0n) is 12.5. The number of carbonyl (C=O) groups is 1. The molecule has 0 radical (unpaired) electrons. The van der Waals surface area contributed by atoms with Gasteiger partial charge in [0.15, 0.2) is 0 Å². The fourth-order valence-electron chi connectivity index (χ4n) is 2.21. The molecule has 21 heavy (non-hydrogen) atoms. The minimum Gasteiger partial charge on any atom is -0.348 e. The number of hydrogen-bond acceptors (Lipinski definition) is 3. The normalized spacial score (nSPS) is 13.7. The first-order valence-electron chi connectivity index (χ1n) is 7.26. The van der Waals surface area contributed by atoms with E-state index in [1.165, 1.54) is 0 Å². The average molecular weight is 286 g/mol. The van der Waals surface area contributed by atoms with Crippen molar-refractivity contribution in [2.45, 2.75) is 38.8 Å². The van der Waals surface area contributed by atoms with Crippen molar-refractivity contribution in [1.82, 2.24) is 14.9 Å². The van der Waals surface area contributed by atoms with Crippen LogP contribution in [0.25, 0.3) is 5.69 Å². The molecule has 0 fully saturated rings. The van der Waals surface area contributed by atoms with Crippen molar-refractivity contribution in [2.24, 2.45) is 5.73 Å². The van der Waals surface area contributed by atoms with Crippen molar-refractivity contribution >= 4 is 5.91 Å². The van der Waals surface area contributed by atoms with E-state index in [1.54, 1.807) is 12.5 Å². The lowest BCUT2D eigenvalue weighted by Crippen LogP contribution is -2.41. The molecule has 2 atom stereocenters. The second-order valence-electron chi connectivity index (χ2n) is 5.19. The fourth-order valence-corrected chi connectivity index (χ4v) is 2.21. The monoisotopic (exact) mass is 286 g/mol. The van der Waals surface area contributed by atoms with Crippen molar-refractivity contribution in [2.75, 3.05) is 0 Å².